The molecule has 2 aliphatic rings. The molecule has 6 rings (SSSR count). The van der Waals surface area contributed by atoms with Gasteiger partial charge >= 0.3 is 6.61 Å². The van der Waals surface area contributed by atoms with Crippen molar-refractivity contribution in [3.8, 4) is 16.9 Å². The summed E-state index contributed by atoms with van der Waals surface area (Å²) in [5.41, 5.74) is 3.50. The number of imidazole rings is 1. The molecule has 3 aromatic heterocycles. The first-order valence-electron chi connectivity index (χ1n) is 11.7. The van der Waals surface area contributed by atoms with Crippen LogP contribution < -0.4 is 9.64 Å². The maximum absolute atomic E-state index is 13.0. The maximum Gasteiger partial charge on any atom is 0.387 e. The number of para-hydroxylation sites is 1. The van der Waals surface area contributed by atoms with Crippen molar-refractivity contribution in [1.29, 1.82) is 0 Å². The molecular weight excluding hydrogens is 504 g/mol. The molecule has 0 bridgehead atoms. The zero-order chi connectivity index (χ0) is 25.7. The van der Waals surface area contributed by atoms with E-state index in [1.54, 1.807) is 36.7 Å². The number of rotatable bonds is 5. The minimum Gasteiger partial charge on any atom is -0.435 e. The second-order valence-corrected chi connectivity index (χ2v) is 11.3. The normalized spacial score (nSPS) is 18.9. The highest BCUT2D eigenvalue weighted by Crippen LogP contribution is 2.42. The van der Waals surface area contributed by atoms with Crippen LogP contribution in [0.4, 0.5) is 14.7 Å². The lowest BCUT2D eigenvalue weighted by Gasteiger charge is -2.26. The molecule has 1 fully saturated rings. The van der Waals surface area contributed by atoms with Crippen LogP contribution in [0.5, 0.6) is 5.75 Å². The summed E-state index contributed by atoms with van der Waals surface area (Å²) in [6.07, 6.45) is 5.27. The SMILES string of the molecule is O=C1C[C@H](c2ccccc2OC(F)F)c2c1nc1ccc(-c3cnc(N4CCS(=O)(=O)CC4)nc3)cn21. The van der Waals surface area contributed by atoms with E-state index in [0.717, 1.165) is 11.1 Å². The van der Waals surface area contributed by atoms with E-state index in [9.17, 15) is 22.0 Å². The van der Waals surface area contributed by atoms with Crippen molar-refractivity contribution in [2.45, 2.75) is 19.0 Å². The smallest absolute Gasteiger partial charge is 0.387 e. The highest BCUT2D eigenvalue weighted by Gasteiger charge is 2.37. The van der Waals surface area contributed by atoms with Crippen LogP contribution in [-0.2, 0) is 9.84 Å². The van der Waals surface area contributed by atoms with Gasteiger partial charge in [-0.25, -0.2) is 23.4 Å². The third-order valence-electron chi connectivity index (χ3n) is 6.75. The molecule has 9 nitrogen and oxygen atoms in total. The molecule has 0 unspecified atom stereocenters. The molecule has 0 N–H and O–H groups in total. The zero-order valence-corrected chi connectivity index (χ0v) is 20.2. The van der Waals surface area contributed by atoms with Gasteiger partial charge in [-0.3, -0.25) is 4.79 Å². The van der Waals surface area contributed by atoms with Crippen LogP contribution in [-0.4, -0.2) is 64.8 Å². The predicted octanol–water partition coefficient (Wildman–Crippen LogP) is 3.35. The van der Waals surface area contributed by atoms with Crippen LogP contribution in [0.3, 0.4) is 0 Å². The van der Waals surface area contributed by atoms with E-state index in [-0.39, 0.29) is 29.5 Å². The number of sulfone groups is 1. The Morgan fingerprint density at radius 2 is 1.73 bits per heavy atom. The molecular formula is C25H21F2N5O4S. The van der Waals surface area contributed by atoms with Gasteiger partial charge in [0.15, 0.2) is 15.6 Å². The number of hydrogen-bond donors (Lipinski definition) is 0. The number of halogens is 2. The van der Waals surface area contributed by atoms with Crippen molar-refractivity contribution in [1.82, 2.24) is 19.4 Å². The number of carbonyl (C=O) groups is 1. The van der Waals surface area contributed by atoms with E-state index in [1.807, 2.05) is 21.6 Å². The van der Waals surface area contributed by atoms with Gasteiger partial charge in [0.25, 0.3) is 0 Å². The van der Waals surface area contributed by atoms with Crippen LogP contribution >= 0.6 is 0 Å². The van der Waals surface area contributed by atoms with Gasteiger partial charge < -0.3 is 14.0 Å². The zero-order valence-electron chi connectivity index (χ0n) is 19.4. The van der Waals surface area contributed by atoms with Gasteiger partial charge in [0.2, 0.25) is 5.95 Å². The standard InChI is InChI=1S/C25H21F2N5O4S/c26-24(27)36-20-4-2-1-3-17(20)18-11-19(33)22-23(18)32-14-15(5-6-21(32)30-22)16-12-28-25(29-13-16)31-7-9-37(34,35)10-8-31/h1-6,12-14,18,24H,7-11H2/t18-/m1/s1. The van der Waals surface area contributed by atoms with E-state index >= 15 is 0 Å². The average Bonchev–Trinajstić information content (AvgIpc) is 3.41. The Morgan fingerprint density at radius 1 is 1.00 bits per heavy atom. The maximum atomic E-state index is 13.0. The number of alkyl halides is 2. The first-order valence-corrected chi connectivity index (χ1v) is 13.5. The van der Waals surface area contributed by atoms with Crippen LogP contribution in [0.2, 0.25) is 0 Å². The molecule has 1 aliphatic carbocycles. The van der Waals surface area contributed by atoms with Crippen molar-refractivity contribution in [2.75, 3.05) is 29.5 Å². The van der Waals surface area contributed by atoms with E-state index in [0.29, 0.717) is 41.6 Å². The molecule has 1 aromatic carbocycles. The van der Waals surface area contributed by atoms with Gasteiger partial charge in [-0.2, -0.15) is 8.78 Å². The molecule has 37 heavy (non-hydrogen) atoms. The van der Waals surface area contributed by atoms with E-state index < -0.39 is 22.4 Å². The molecule has 190 valence electrons. The third-order valence-corrected chi connectivity index (χ3v) is 8.36. The number of pyridine rings is 1. The Balaban J connectivity index is 1.35. The van der Waals surface area contributed by atoms with Crippen LogP contribution in [0.25, 0.3) is 16.8 Å². The summed E-state index contributed by atoms with van der Waals surface area (Å²) < 4.78 is 56.0. The predicted molar refractivity (Wildman–Crippen MR) is 131 cm³/mol. The number of nitrogens with zero attached hydrogens (tertiary/aromatic N) is 5. The Labute approximate surface area is 210 Å². The monoisotopic (exact) mass is 525 g/mol. The number of aromatic nitrogens is 4. The number of fused-ring (bicyclic) bond motifs is 3. The summed E-state index contributed by atoms with van der Waals surface area (Å²) in [4.78, 5) is 28.0. The molecule has 4 aromatic rings. The number of hydrogen-bond acceptors (Lipinski definition) is 8. The number of Topliss-reactive ketones (excluding diaryl/α,β-unsaturated/α-hetero) is 1. The van der Waals surface area contributed by atoms with Crippen molar-refractivity contribution < 1.29 is 26.7 Å². The fourth-order valence-corrected chi connectivity index (χ4v) is 6.13. The third kappa shape index (κ3) is 4.31. The van der Waals surface area contributed by atoms with E-state index in [4.69, 9.17) is 4.74 Å². The lowest BCUT2D eigenvalue weighted by Crippen LogP contribution is -2.41. The second-order valence-electron chi connectivity index (χ2n) is 9.00. The Hall–Kier alpha value is -3.93. The van der Waals surface area contributed by atoms with Crippen molar-refractivity contribution in [3.05, 3.63) is 71.9 Å². The summed E-state index contributed by atoms with van der Waals surface area (Å²) in [7, 11) is -3.01. The molecule has 4 heterocycles. The molecule has 1 atom stereocenters. The molecule has 1 aliphatic heterocycles. The largest absolute Gasteiger partial charge is 0.435 e. The van der Waals surface area contributed by atoms with Crippen molar-refractivity contribution >= 4 is 27.2 Å². The molecule has 0 radical (unpaired) electrons. The van der Waals surface area contributed by atoms with Gasteiger partial charge in [-0.1, -0.05) is 18.2 Å². The number of ketones is 1. The van der Waals surface area contributed by atoms with Crippen LogP contribution in [0.15, 0.2) is 55.0 Å². The Bertz CT molecular complexity index is 1610. The average molecular weight is 526 g/mol. The first kappa shape index (κ1) is 23.5. The van der Waals surface area contributed by atoms with Crippen LogP contribution in [0.1, 0.15) is 34.1 Å². The van der Waals surface area contributed by atoms with Crippen molar-refractivity contribution in [2.24, 2.45) is 0 Å². The fraction of sp³-hybridized carbons (Fsp3) is 0.280. The van der Waals surface area contributed by atoms with E-state index in [1.165, 1.54) is 6.07 Å². The highest BCUT2D eigenvalue weighted by atomic mass is 32.2. The van der Waals surface area contributed by atoms with E-state index in [2.05, 4.69) is 15.0 Å². The summed E-state index contributed by atoms with van der Waals surface area (Å²) in [5, 5.41) is 0. The summed E-state index contributed by atoms with van der Waals surface area (Å²) in [6, 6.07) is 10.1. The summed E-state index contributed by atoms with van der Waals surface area (Å²) in [6.45, 7) is -2.29. The lowest BCUT2D eigenvalue weighted by atomic mass is 9.95. The quantitative estimate of drug-likeness (QED) is 0.391. The van der Waals surface area contributed by atoms with Gasteiger partial charge in [0.1, 0.15) is 17.1 Å². The molecule has 0 saturated carbocycles. The Kier molecular flexibility index (Phi) is 5.63. The molecule has 12 heteroatoms. The summed E-state index contributed by atoms with van der Waals surface area (Å²) >= 11 is 0. The fourth-order valence-electron chi connectivity index (χ4n) is 4.93. The lowest BCUT2D eigenvalue weighted by molar-refractivity contribution is -0.0505. The first-order chi connectivity index (χ1) is 17.8. The molecule has 0 spiro atoms. The number of carbonyl (C=O) groups excluding carboxylic acids is 1. The second kappa shape index (κ2) is 8.87. The summed E-state index contributed by atoms with van der Waals surface area (Å²) in [5.74, 6) is -0.00374. The topological polar surface area (TPSA) is 107 Å². The van der Waals surface area contributed by atoms with Gasteiger partial charge in [-0.05, 0) is 18.2 Å². The molecule has 0 amide bonds. The van der Waals surface area contributed by atoms with Gasteiger partial charge in [-0.15, -0.1) is 0 Å². The number of ether oxygens (including phenoxy) is 1. The van der Waals surface area contributed by atoms with Gasteiger partial charge in [0.05, 0.1) is 17.2 Å². The minimum atomic E-state index is -3.01. The Morgan fingerprint density at radius 3 is 2.46 bits per heavy atom. The minimum absolute atomic E-state index is 0.0313. The van der Waals surface area contributed by atoms with Crippen molar-refractivity contribution in [3.63, 3.8) is 0 Å². The van der Waals surface area contributed by atoms with Gasteiger partial charge in [0, 0.05) is 60.7 Å². The number of benzene rings is 1. The number of anilines is 1. The highest BCUT2D eigenvalue weighted by molar-refractivity contribution is 7.91. The van der Waals surface area contributed by atoms with Crippen LogP contribution in [0, 0.1) is 0 Å². The molecule has 1 saturated heterocycles.